The first-order valence-corrected chi connectivity index (χ1v) is 7.23. The first-order valence-electron chi connectivity index (χ1n) is 7.23. The first kappa shape index (κ1) is 14.3. The zero-order chi connectivity index (χ0) is 13.9. The van der Waals surface area contributed by atoms with Gasteiger partial charge in [0.05, 0.1) is 7.11 Å². The van der Waals surface area contributed by atoms with E-state index in [9.17, 15) is 9.59 Å². The van der Waals surface area contributed by atoms with E-state index in [-0.39, 0.29) is 23.8 Å². The number of carbonyl (C=O) groups excluding carboxylic acids is 2. The van der Waals surface area contributed by atoms with E-state index in [4.69, 9.17) is 10.5 Å². The Balaban J connectivity index is 2.03. The fourth-order valence-electron chi connectivity index (χ4n) is 3.32. The van der Waals surface area contributed by atoms with Crippen LogP contribution in [-0.2, 0) is 14.3 Å². The van der Waals surface area contributed by atoms with E-state index in [2.05, 4.69) is 5.32 Å². The second kappa shape index (κ2) is 5.90. The summed E-state index contributed by atoms with van der Waals surface area (Å²) in [7, 11) is 1.39. The largest absolute Gasteiger partial charge is 0.467 e. The van der Waals surface area contributed by atoms with Gasteiger partial charge < -0.3 is 15.8 Å². The first-order chi connectivity index (χ1) is 9.07. The summed E-state index contributed by atoms with van der Waals surface area (Å²) >= 11 is 0. The van der Waals surface area contributed by atoms with Crippen LogP contribution in [0.4, 0.5) is 0 Å². The number of rotatable bonds is 3. The third kappa shape index (κ3) is 3.08. The minimum Gasteiger partial charge on any atom is -0.467 e. The van der Waals surface area contributed by atoms with Gasteiger partial charge in [-0.2, -0.15) is 0 Å². The molecule has 2 atom stereocenters. The highest BCUT2D eigenvalue weighted by molar-refractivity contribution is 5.89. The quantitative estimate of drug-likeness (QED) is 0.751. The number of hydrogen-bond donors (Lipinski definition) is 2. The highest BCUT2D eigenvalue weighted by Crippen LogP contribution is 2.31. The van der Waals surface area contributed by atoms with Crippen molar-refractivity contribution in [1.82, 2.24) is 5.32 Å². The molecule has 0 radical (unpaired) electrons. The topological polar surface area (TPSA) is 81.4 Å². The summed E-state index contributed by atoms with van der Waals surface area (Å²) in [6.07, 6.45) is 6.84. The fraction of sp³-hybridized carbons (Fsp3) is 0.857. The van der Waals surface area contributed by atoms with Crippen molar-refractivity contribution in [2.75, 3.05) is 7.11 Å². The average molecular weight is 268 g/mol. The summed E-state index contributed by atoms with van der Waals surface area (Å²) in [4.78, 5) is 24.4. The Labute approximate surface area is 114 Å². The number of ether oxygens (including phenoxy) is 1. The maximum atomic E-state index is 12.3. The van der Waals surface area contributed by atoms with Gasteiger partial charge in [0.2, 0.25) is 5.91 Å². The molecule has 0 saturated heterocycles. The van der Waals surface area contributed by atoms with Crippen LogP contribution in [-0.4, -0.2) is 30.6 Å². The van der Waals surface area contributed by atoms with Gasteiger partial charge in [0.15, 0.2) is 0 Å². The molecule has 0 aromatic rings. The number of amides is 1. The molecule has 5 nitrogen and oxygen atoms in total. The monoisotopic (exact) mass is 268 g/mol. The molecule has 1 amide bonds. The molecule has 2 unspecified atom stereocenters. The van der Waals surface area contributed by atoms with Crippen LogP contribution >= 0.6 is 0 Å². The third-order valence-electron chi connectivity index (χ3n) is 4.49. The molecule has 0 aromatic heterocycles. The van der Waals surface area contributed by atoms with Crippen molar-refractivity contribution in [1.29, 1.82) is 0 Å². The van der Waals surface area contributed by atoms with Crippen LogP contribution in [0.1, 0.15) is 51.4 Å². The number of esters is 1. The van der Waals surface area contributed by atoms with Crippen LogP contribution in [0.2, 0.25) is 0 Å². The minimum atomic E-state index is -0.795. The zero-order valence-electron chi connectivity index (χ0n) is 11.6. The van der Waals surface area contributed by atoms with Gasteiger partial charge in [-0.25, -0.2) is 4.79 Å². The molecule has 19 heavy (non-hydrogen) atoms. The lowest BCUT2D eigenvalue weighted by molar-refractivity contribution is -0.153. The SMILES string of the molecule is COC(=O)C1(NC(=O)C2CCC(N)C2)CCCCC1. The van der Waals surface area contributed by atoms with Crippen molar-refractivity contribution in [3.05, 3.63) is 0 Å². The highest BCUT2D eigenvalue weighted by atomic mass is 16.5. The summed E-state index contributed by atoms with van der Waals surface area (Å²) < 4.78 is 4.90. The minimum absolute atomic E-state index is 0.0275. The predicted octanol–water partition coefficient (Wildman–Crippen LogP) is 1.11. The Bertz CT molecular complexity index is 351. The molecule has 3 N–H and O–H groups in total. The zero-order valence-corrected chi connectivity index (χ0v) is 11.6. The molecule has 2 aliphatic carbocycles. The van der Waals surface area contributed by atoms with E-state index >= 15 is 0 Å². The number of methoxy groups -OCH3 is 1. The molecule has 0 bridgehead atoms. The summed E-state index contributed by atoms with van der Waals surface area (Å²) in [5, 5.41) is 2.98. The van der Waals surface area contributed by atoms with E-state index in [0.717, 1.165) is 38.5 Å². The molecule has 2 aliphatic rings. The van der Waals surface area contributed by atoms with Gasteiger partial charge in [-0.15, -0.1) is 0 Å². The number of hydrogen-bond acceptors (Lipinski definition) is 4. The fourth-order valence-corrected chi connectivity index (χ4v) is 3.32. The van der Waals surface area contributed by atoms with Crippen molar-refractivity contribution in [2.45, 2.75) is 62.9 Å². The van der Waals surface area contributed by atoms with E-state index in [1.54, 1.807) is 0 Å². The Morgan fingerprint density at radius 1 is 1.21 bits per heavy atom. The maximum Gasteiger partial charge on any atom is 0.331 e. The molecular formula is C14H24N2O3. The molecule has 2 fully saturated rings. The molecule has 2 saturated carbocycles. The lowest BCUT2D eigenvalue weighted by atomic mass is 9.81. The molecule has 0 aromatic carbocycles. The van der Waals surface area contributed by atoms with Crippen LogP contribution in [0.5, 0.6) is 0 Å². The Kier molecular flexibility index (Phi) is 4.45. The Morgan fingerprint density at radius 3 is 2.42 bits per heavy atom. The molecular weight excluding hydrogens is 244 g/mol. The number of nitrogens with two attached hydrogens (primary N) is 1. The smallest absolute Gasteiger partial charge is 0.331 e. The molecule has 2 rings (SSSR count). The standard InChI is InChI=1S/C14H24N2O3/c1-19-13(18)14(7-3-2-4-8-14)16-12(17)10-5-6-11(15)9-10/h10-11H,2-9,15H2,1H3,(H,16,17). The normalized spacial score (nSPS) is 29.8. The van der Waals surface area contributed by atoms with Crippen LogP contribution in [0.25, 0.3) is 0 Å². The number of carbonyl (C=O) groups is 2. The predicted molar refractivity (Wildman–Crippen MR) is 71.3 cm³/mol. The van der Waals surface area contributed by atoms with Gasteiger partial charge in [0.1, 0.15) is 5.54 Å². The van der Waals surface area contributed by atoms with E-state index < -0.39 is 5.54 Å². The number of nitrogens with one attached hydrogen (secondary N) is 1. The van der Waals surface area contributed by atoms with Crippen LogP contribution in [0, 0.1) is 5.92 Å². The second-order valence-corrected chi connectivity index (χ2v) is 5.89. The Hall–Kier alpha value is -1.10. The summed E-state index contributed by atoms with van der Waals surface area (Å²) in [5.74, 6) is -0.374. The van der Waals surface area contributed by atoms with Crippen molar-refractivity contribution in [3.8, 4) is 0 Å². The Morgan fingerprint density at radius 2 is 1.89 bits per heavy atom. The van der Waals surface area contributed by atoms with Gasteiger partial charge in [0.25, 0.3) is 0 Å². The molecule has 108 valence electrons. The van der Waals surface area contributed by atoms with Gasteiger partial charge in [-0.05, 0) is 32.1 Å². The van der Waals surface area contributed by atoms with Crippen molar-refractivity contribution >= 4 is 11.9 Å². The molecule has 0 heterocycles. The lowest BCUT2D eigenvalue weighted by Crippen LogP contribution is -2.57. The van der Waals surface area contributed by atoms with Crippen LogP contribution in [0.3, 0.4) is 0 Å². The van der Waals surface area contributed by atoms with Crippen LogP contribution in [0.15, 0.2) is 0 Å². The van der Waals surface area contributed by atoms with Crippen molar-refractivity contribution in [2.24, 2.45) is 11.7 Å². The van der Waals surface area contributed by atoms with Gasteiger partial charge in [0, 0.05) is 12.0 Å². The van der Waals surface area contributed by atoms with E-state index in [1.165, 1.54) is 7.11 Å². The molecule has 0 spiro atoms. The van der Waals surface area contributed by atoms with E-state index in [0.29, 0.717) is 12.8 Å². The van der Waals surface area contributed by atoms with Crippen molar-refractivity contribution < 1.29 is 14.3 Å². The van der Waals surface area contributed by atoms with Gasteiger partial charge in [-0.3, -0.25) is 4.79 Å². The summed E-state index contributed by atoms with van der Waals surface area (Å²) in [6, 6.07) is 0.121. The summed E-state index contributed by atoms with van der Waals surface area (Å²) in [5.41, 5.74) is 5.05. The lowest BCUT2D eigenvalue weighted by Gasteiger charge is -2.36. The third-order valence-corrected chi connectivity index (χ3v) is 4.49. The molecule has 0 aliphatic heterocycles. The van der Waals surface area contributed by atoms with Gasteiger partial charge >= 0.3 is 5.97 Å². The van der Waals surface area contributed by atoms with E-state index in [1.807, 2.05) is 0 Å². The van der Waals surface area contributed by atoms with Crippen LogP contribution < -0.4 is 11.1 Å². The second-order valence-electron chi connectivity index (χ2n) is 5.89. The van der Waals surface area contributed by atoms with Crippen molar-refractivity contribution in [3.63, 3.8) is 0 Å². The highest BCUT2D eigenvalue weighted by Gasteiger charge is 2.43. The maximum absolute atomic E-state index is 12.3. The average Bonchev–Trinajstić information content (AvgIpc) is 2.85. The molecule has 5 heteroatoms. The summed E-state index contributed by atoms with van der Waals surface area (Å²) in [6.45, 7) is 0. The van der Waals surface area contributed by atoms with Gasteiger partial charge in [-0.1, -0.05) is 19.3 Å².